The summed E-state index contributed by atoms with van der Waals surface area (Å²) in [5.74, 6) is 2.99. The van der Waals surface area contributed by atoms with Gasteiger partial charge in [0.1, 0.15) is 30.1 Å². The molecule has 2 aliphatic rings. The molecule has 3 atom stereocenters. The summed E-state index contributed by atoms with van der Waals surface area (Å²) in [4.78, 5) is 25.9. The lowest BCUT2D eigenvalue weighted by molar-refractivity contribution is -0.129. The molecule has 3 heterocycles. The molecule has 0 aliphatic carbocycles. The van der Waals surface area contributed by atoms with Gasteiger partial charge in [-0.3, -0.25) is 4.79 Å². The van der Waals surface area contributed by atoms with E-state index in [2.05, 4.69) is 15.5 Å². The van der Waals surface area contributed by atoms with Gasteiger partial charge in [-0.25, -0.2) is 9.97 Å². The number of likely N-dealkylation sites (N-methyl/N-ethyl adjacent to an activating group) is 2. The number of nitrogens with one attached hydrogen (secondary N) is 2. The number of hydrogen-bond acceptors (Lipinski definition) is 9. The Balaban J connectivity index is 1.63. The van der Waals surface area contributed by atoms with Crippen LogP contribution in [0.25, 0.3) is 11.4 Å². The molecule has 3 N–H and O–H groups in total. The van der Waals surface area contributed by atoms with Crippen molar-refractivity contribution in [3.05, 3.63) is 29.8 Å². The Labute approximate surface area is 213 Å². The minimum Gasteiger partial charge on any atom is -0.491 e. The fourth-order valence-electron chi connectivity index (χ4n) is 4.64. The Morgan fingerprint density at radius 3 is 2.92 bits per heavy atom. The van der Waals surface area contributed by atoms with E-state index in [1.807, 2.05) is 43.1 Å². The summed E-state index contributed by atoms with van der Waals surface area (Å²) >= 11 is 0. The maximum Gasteiger partial charge on any atom is 0.219 e. The van der Waals surface area contributed by atoms with Crippen molar-refractivity contribution in [2.45, 2.75) is 44.9 Å². The second kappa shape index (κ2) is 11.9. The number of benzene rings is 1. The zero-order valence-electron chi connectivity index (χ0n) is 21.7. The minimum absolute atomic E-state index is 0.0715. The van der Waals surface area contributed by atoms with Gasteiger partial charge in [-0.05, 0) is 38.9 Å². The molecular weight excluding hydrogens is 460 g/mol. The van der Waals surface area contributed by atoms with Gasteiger partial charge in [-0.1, -0.05) is 12.1 Å². The van der Waals surface area contributed by atoms with Crippen LogP contribution < -0.4 is 20.3 Å². The van der Waals surface area contributed by atoms with Crippen molar-refractivity contribution in [3.63, 3.8) is 0 Å². The van der Waals surface area contributed by atoms with Gasteiger partial charge in [0, 0.05) is 51.3 Å². The predicted octanol–water partition coefficient (Wildman–Crippen LogP) is 1.67. The van der Waals surface area contributed by atoms with Crippen LogP contribution in [0.15, 0.2) is 24.3 Å². The van der Waals surface area contributed by atoms with Gasteiger partial charge in [-0.2, -0.15) is 0 Å². The number of carbonyl (C=O) groups is 1. The third-order valence-electron chi connectivity index (χ3n) is 6.87. The van der Waals surface area contributed by atoms with E-state index < -0.39 is 6.10 Å². The summed E-state index contributed by atoms with van der Waals surface area (Å²) in [5.41, 5.74) is 1.82. The van der Waals surface area contributed by atoms with Crippen molar-refractivity contribution >= 4 is 17.5 Å². The first kappa shape index (κ1) is 26.1. The molecule has 2 aromatic rings. The number of ether oxygens (including phenoxy) is 2. The lowest BCUT2D eigenvalue weighted by Gasteiger charge is -2.26. The molecule has 0 spiro atoms. The molecule has 1 aromatic heterocycles. The van der Waals surface area contributed by atoms with E-state index in [0.29, 0.717) is 24.7 Å². The van der Waals surface area contributed by atoms with E-state index in [4.69, 9.17) is 19.4 Å². The highest BCUT2D eigenvalue weighted by Crippen LogP contribution is 2.32. The molecule has 1 unspecified atom stereocenters. The maximum atomic E-state index is 11.9. The fourth-order valence-corrected chi connectivity index (χ4v) is 4.64. The van der Waals surface area contributed by atoms with Crippen LogP contribution >= 0.6 is 0 Å². The largest absolute Gasteiger partial charge is 0.491 e. The van der Waals surface area contributed by atoms with E-state index in [9.17, 15) is 9.90 Å². The molecular formula is C26H38N6O4. The predicted molar refractivity (Wildman–Crippen MR) is 140 cm³/mol. The highest BCUT2D eigenvalue weighted by molar-refractivity contribution is 5.73. The molecule has 4 rings (SSSR count). The van der Waals surface area contributed by atoms with E-state index >= 15 is 0 Å². The Morgan fingerprint density at radius 2 is 2.19 bits per heavy atom. The molecule has 2 aliphatic heterocycles. The summed E-state index contributed by atoms with van der Waals surface area (Å²) in [7, 11) is 3.65. The summed E-state index contributed by atoms with van der Waals surface area (Å²) in [6.07, 6.45) is 1.23. The van der Waals surface area contributed by atoms with Crippen LogP contribution in [0.2, 0.25) is 0 Å². The zero-order valence-corrected chi connectivity index (χ0v) is 21.7. The molecule has 0 saturated carbocycles. The van der Waals surface area contributed by atoms with Gasteiger partial charge >= 0.3 is 0 Å². The molecule has 2 fully saturated rings. The van der Waals surface area contributed by atoms with Gasteiger partial charge in [0.15, 0.2) is 5.82 Å². The molecule has 0 bridgehead atoms. The summed E-state index contributed by atoms with van der Waals surface area (Å²) in [6, 6.07) is 7.99. The van der Waals surface area contributed by atoms with Crippen LogP contribution in [-0.2, 0) is 9.53 Å². The number of nitrogens with zero attached hydrogens (tertiary/aromatic N) is 4. The number of rotatable bonds is 10. The van der Waals surface area contributed by atoms with Crippen molar-refractivity contribution in [1.29, 1.82) is 0 Å². The van der Waals surface area contributed by atoms with Crippen LogP contribution in [0.4, 0.5) is 11.6 Å². The number of amides is 1. The Bertz CT molecular complexity index is 1050. The first-order valence-electron chi connectivity index (χ1n) is 12.6. The molecule has 1 amide bonds. The average molecular weight is 499 g/mol. The number of aliphatic hydroxyl groups is 1. The van der Waals surface area contributed by atoms with Crippen molar-refractivity contribution in [1.82, 2.24) is 20.2 Å². The molecule has 10 nitrogen and oxygen atoms in total. The van der Waals surface area contributed by atoms with Gasteiger partial charge in [0.05, 0.1) is 18.7 Å². The first-order valence-corrected chi connectivity index (χ1v) is 12.6. The molecule has 196 valence electrons. The maximum absolute atomic E-state index is 11.9. The summed E-state index contributed by atoms with van der Waals surface area (Å²) in [5, 5.41) is 16.5. The SMILES string of the molecule is CNCC(O)COc1cccc(-c2nc(N[C@@H]3CCOC3)c(C)c(N3CC[C@H](N(C)C(C)=O)C3)n2)c1. The average Bonchev–Trinajstić information content (AvgIpc) is 3.56. The highest BCUT2D eigenvalue weighted by atomic mass is 16.5. The minimum atomic E-state index is -0.596. The zero-order chi connectivity index (χ0) is 25.7. The quantitative estimate of drug-likeness (QED) is 0.450. The smallest absolute Gasteiger partial charge is 0.219 e. The standard InChI is InChI=1S/C26H38N6O4/c1-17-24(28-20-9-11-35-15-20)29-25(19-6-5-7-23(12-19)36-16-22(34)13-27-3)30-26(17)32-10-8-21(14-32)31(4)18(2)33/h5-7,12,20-22,27,34H,8-11,13-16H2,1-4H3,(H,28,29,30)/t20-,21+,22?/m1/s1. The van der Waals surface area contributed by atoms with Crippen LogP contribution in [0.3, 0.4) is 0 Å². The molecule has 1 aromatic carbocycles. The van der Waals surface area contributed by atoms with Gasteiger partial charge in [0.2, 0.25) is 5.91 Å². The second-order valence-electron chi connectivity index (χ2n) is 9.62. The monoisotopic (exact) mass is 498 g/mol. The van der Waals surface area contributed by atoms with E-state index in [1.54, 1.807) is 14.0 Å². The van der Waals surface area contributed by atoms with Crippen molar-refractivity contribution in [3.8, 4) is 17.1 Å². The topological polar surface area (TPSA) is 112 Å². The van der Waals surface area contributed by atoms with Crippen LogP contribution in [0.5, 0.6) is 5.75 Å². The number of aromatic nitrogens is 2. The number of aliphatic hydroxyl groups excluding tert-OH is 1. The van der Waals surface area contributed by atoms with Crippen molar-refractivity contribution in [2.75, 3.05) is 63.8 Å². The summed E-state index contributed by atoms with van der Waals surface area (Å²) < 4.78 is 11.4. The molecule has 0 radical (unpaired) electrons. The number of hydrogen-bond donors (Lipinski definition) is 3. The van der Waals surface area contributed by atoms with E-state index in [-0.39, 0.29) is 24.6 Å². The van der Waals surface area contributed by atoms with Crippen LogP contribution in [-0.4, -0.2) is 97.6 Å². The Hall–Kier alpha value is -2.95. The second-order valence-corrected chi connectivity index (χ2v) is 9.62. The van der Waals surface area contributed by atoms with Crippen molar-refractivity contribution < 1.29 is 19.4 Å². The van der Waals surface area contributed by atoms with Crippen LogP contribution in [0, 0.1) is 6.92 Å². The molecule has 10 heteroatoms. The third-order valence-corrected chi connectivity index (χ3v) is 6.87. The molecule has 2 saturated heterocycles. The van der Waals surface area contributed by atoms with Gasteiger partial charge < -0.3 is 35.0 Å². The highest BCUT2D eigenvalue weighted by Gasteiger charge is 2.30. The van der Waals surface area contributed by atoms with Crippen LogP contribution in [0.1, 0.15) is 25.3 Å². The first-order chi connectivity index (χ1) is 17.4. The van der Waals surface area contributed by atoms with Gasteiger partial charge in [0.25, 0.3) is 0 Å². The fraction of sp³-hybridized carbons (Fsp3) is 0.577. The molecule has 36 heavy (non-hydrogen) atoms. The van der Waals surface area contributed by atoms with E-state index in [1.165, 1.54) is 0 Å². The normalized spacial score (nSPS) is 20.4. The third kappa shape index (κ3) is 6.24. The number of anilines is 2. The Morgan fingerprint density at radius 1 is 1.36 bits per heavy atom. The van der Waals surface area contributed by atoms with Gasteiger partial charge in [-0.15, -0.1) is 0 Å². The van der Waals surface area contributed by atoms with E-state index in [0.717, 1.165) is 55.3 Å². The lowest BCUT2D eigenvalue weighted by Crippen LogP contribution is -2.38. The lowest BCUT2D eigenvalue weighted by atomic mass is 10.1. The number of carbonyl (C=O) groups excluding carboxylic acids is 1. The Kier molecular flexibility index (Phi) is 8.60. The summed E-state index contributed by atoms with van der Waals surface area (Å²) in [6.45, 7) is 7.24. The van der Waals surface area contributed by atoms with Crippen molar-refractivity contribution in [2.24, 2.45) is 0 Å².